The van der Waals surface area contributed by atoms with E-state index in [2.05, 4.69) is 23.1 Å². The van der Waals surface area contributed by atoms with Crippen LogP contribution in [0.25, 0.3) is 0 Å². The van der Waals surface area contributed by atoms with E-state index in [1.54, 1.807) is 0 Å². The van der Waals surface area contributed by atoms with Crippen LogP contribution in [0.1, 0.15) is 22.3 Å². The molecule has 0 spiro atoms. The van der Waals surface area contributed by atoms with Crippen LogP contribution < -0.4 is 0 Å². The molecule has 0 aliphatic carbocycles. The predicted octanol–water partition coefficient (Wildman–Crippen LogP) is 3.33. The first-order valence-electron chi connectivity index (χ1n) is 7.51. The second-order valence-corrected chi connectivity index (χ2v) is 5.21. The van der Waals surface area contributed by atoms with Crippen molar-refractivity contribution in [3.05, 3.63) is 71.8 Å². The van der Waals surface area contributed by atoms with Gasteiger partial charge in [-0.25, -0.2) is 0 Å². The summed E-state index contributed by atoms with van der Waals surface area (Å²) in [5.74, 6) is 0.103. The topological polar surface area (TPSA) is 44.1 Å². The van der Waals surface area contributed by atoms with Crippen LogP contribution in [0.5, 0.6) is 0 Å². The number of hydrogen-bond acceptors (Lipinski definition) is 3. The van der Waals surface area contributed by atoms with E-state index in [9.17, 15) is 4.79 Å². The second kappa shape index (κ2) is 8.76. The van der Waals surface area contributed by atoms with Crippen molar-refractivity contribution in [2.75, 3.05) is 19.6 Å². The molecule has 0 fully saturated rings. The van der Waals surface area contributed by atoms with Gasteiger partial charge in [0.05, 0.1) is 12.6 Å². The Hall–Kier alpha value is -2.44. The molecule has 0 N–H and O–H groups in total. The average Bonchev–Trinajstić information content (AvgIpc) is 2.59. The molecule has 0 atom stereocenters. The van der Waals surface area contributed by atoms with Crippen LogP contribution in [0.15, 0.2) is 60.7 Å². The third-order valence-electron chi connectivity index (χ3n) is 3.56. The third kappa shape index (κ3) is 5.16. The molecule has 3 heteroatoms. The molecule has 0 amide bonds. The number of carbonyl (C=O) groups excluding carboxylic acids is 1. The molecule has 0 bridgehead atoms. The van der Waals surface area contributed by atoms with E-state index in [0.717, 1.165) is 18.5 Å². The molecule has 112 valence electrons. The summed E-state index contributed by atoms with van der Waals surface area (Å²) in [7, 11) is 0. The van der Waals surface area contributed by atoms with Crippen LogP contribution in [0.3, 0.4) is 0 Å². The lowest BCUT2D eigenvalue weighted by atomic mass is 10.1. The highest BCUT2D eigenvalue weighted by Gasteiger charge is 2.12. The van der Waals surface area contributed by atoms with Crippen LogP contribution >= 0.6 is 0 Å². The number of carbonyl (C=O) groups is 1. The highest BCUT2D eigenvalue weighted by Crippen LogP contribution is 2.05. The Morgan fingerprint density at radius 1 is 0.955 bits per heavy atom. The maximum atomic E-state index is 12.3. The predicted molar refractivity (Wildman–Crippen MR) is 87.6 cm³/mol. The fourth-order valence-electron chi connectivity index (χ4n) is 2.33. The van der Waals surface area contributed by atoms with Gasteiger partial charge in [0, 0.05) is 25.1 Å². The van der Waals surface area contributed by atoms with Crippen molar-refractivity contribution in [2.24, 2.45) is 0 Å². The van der Waals surface area contributed by atoms with E-state index in [0.29, 0.717) is 19.5 Å². The van der Waals surface area contributed by atoms with Gasteiger partial charge < -0.3 is 0 Å². The molecule has 0 unspecified atom stereocenters. The van der Waals surface area contributed by atoms with E-state index in [4.69, 9.17) is 5.26 Å². The monoisotopic (exact) mass is 292 g/mol. The summed E-state index contributed by atoms with van der Waals surface area (Å²) < 4.78 is 0. The highest BCUT2D eigenvalue weighted by molar-refractivity contribution is 5.97. The summed E-state index contributed by atoms with van der Waals surface area (Å²) in [6.07, 6.45) is 1.32. The molecule has 0 saturated heterocycles. The van der Waals surface area contributed by atoms with Crippen LogP contribution in [0, 0.1) is 11.3 Å². The Balaban J connectivity index is 1.94. The van der Waals surface area contributed by atoms with Gasteiger partial charge in [0.1, 0.15) is 0 Å². The molecule has 0 aliphatic heterocycles. The lowest BCUT2D eigenvalue weighted by Gasteiger charge is -2.20. The second-order valence-electron chi connectivity index (χ2n) is 5.21. The Labute approximate surface area is 131 Å². The summed E-state index contributed by atoms with van der Waals surface area (Å²) in [5, 5.41) is 8.79. The maximum absolute atomic E-state index is 12.3. The molecule has 0 saturated carbocycles. The van der Waals surface area contributed by atoms with Gasteiger partial charge in [-0.1, -0.05) is 60.7 Å². The minimum Gasteiger partial charge on any atom is -0.294 e. The van der Waals surface area contributed by atoms with E-state index in [1.807, 2.05) is 48.5 Å². The average molecular weight is 292 g/mol. The molecular weight excluding hydrogens is 272 g/mol. The first-order chi connectivity index (χ1) is 10.8. The quantitative estimate of drug-likeness (QED) is 0.701. The number of hydrogen-bond donors (Lipinski definition) is 0. The first kappa shape index (κ1) is 15.9. The van der Waals surface area contributed by atoms with E-state index >= 15 is 0 Å². The zero-order chi connectivity index (χ0) is 15.6. The Morgan fingerprint density at radius 3 is 2.23 bits per heavy atom. The van der Waals surface area contributed by atoms with Crippen molar-refractivity contribution in [1.29, 1.82) is 5.26 Å². The number of nitriles is 1. The first-order valence-corrected chi connectivity index (χ1v) is 7.51. The van der Waals surface area contributed by atoms with Crippen LogP contribution in [0.4, 0.5) is 0 Å². The molecule has 2 aromatic rings. The number of nitrogens with zero attached hydrogens (tertiary/aromatic N) is 2. The lowest BCUT2D eigenvalue weighted by molar-refractivity contribution is 0.0932. The van der Waals surface area contributed by atoms with Crippen molar-refractivity contribution in [1.82, 2.24) is 4.90 Å². The molecule has 22 heavy (non-hydrogen) atoms. The Kier molecular flexibility index (Phi) is 6.35. The number of Topliss-reactive ketones (excluding diaryl/α,β-unsaturated/α-hetero) is 1. The minimum atomic E-state index is 0.103. The molecular formula is C19H20N2O. The lowest BCUT2D eigenvalue weighted by Crippen LogP contribution is -2.32. The Morgan fingerprint density at radius 2 is 1.59 bits per heavy atom. The normalized spacial score (nSPS) is 10.4. The van der Waals surface area contributed by atoms with Crippen LogP contribution in [-0.2, 0) is 6.42 Å². The fraction of sp³-hybridized carbons (Fsp3) is 0.263. The molecule has 0 aliphatic rings. The van der Waals surface area contributed by atoms with E-state index < -0.39 is 0 Å². The van der Waals surface area contributed by atoms with Gasteiger partial charge >= 0.3 is 0 Å². The molecule has 2 aromatic carbocycles. The molecule has 2 rings (SSSR count). The van der Waals surface area contributed by atoms with Crippen LogP contribution in [-0.4, -0.2) is 30.3 Å². The SMILES string of the molecule is N#CCCN(CCc1ccccc1)CC(=O)c1ccccc1. The van der Waals surface area contributed by atoms with Gasteiger partial charge in [-0.15, -0.1) is 0 Å². The standard InChI is InChI=1S/C19H20N2O/c20-13-7-14-21(15-12-17-8-3-1-4-9-17)16-19(22)18-10-5-2-6-11-18/h1-6,8-11H,7,12,14-16H2. The van der Waals surface area contributed by atoms with Crippen molar-refractivity contribution in [3.63, 3.8) is 0 Å². The van der Waals surface area contributed by atoms with Gasteiger partial charge in [0.15, 0.2) is 5.78 Å². The van der Waals surface area contributed by atoms with E-state index in [1.165, 1.54) is 5.56 Å². The number of benzene rings is 2. The third-order valence-corrected chi connectivity index (χ3v) is 3.56. The Bertz CT molecular complexity index is 617. The minimum absolute atomic E-state index is 0.103. The molecule has 3 nitrogen and oxygen atoms in total. The summed E-state index contributed by atoms with van der Waals surface area (Å²) in [6.45, 7) is 1.77. The largest absolute Gasteiger partial charge is 0.294 e. The van der Waals surface area contributed by atoms with Gasteiger partial charge in [-0.3, -0.25) is 9.69 Å². The molecule has 0 heterocycles. The summed E-state index contributed by atoms with van der Waals surface area (Å²) in [6, 6.07) is 21.7. The maximum Gasteiger partial charge on any atom is 0.176 e. The fourth-order valence-corrected chi connectivity index (χ4v) is 2.33. The summed E-state index contributed by atoms with van der Waals surface area (Å²) in [4.78, 5) is 14.4. The van der Waals surface area contributed by atoms with E-state index in [-0.39, 0.29) is 5.78 Å². The van der Waals surface area contributed by atoms with Crippen molar-refractivity contribution >= 4 is 5.78 Å². The van der Waals surface area contributed by atoms with Gasteiger partial charge in [0.25, 0.3) is 0 Å². The highest BCUT2D eigenvalue weighted by atomic mass is 16.1. The zero-order valence-electron chi connectivity index (χ0n) is 12.6. The van der Waals surface area contributed by atoms with Gasteiger partial charge in [-0.05, 0) is 12.0 Å². The van der Waals surface area contributed by atoms with Crippen molar-refractivity contribution in [2.45, 2.75) is 12.8 Å². The molecule has 0 radical (unpaired) electrons. The van der Waals surface area contributed by atoms with Crippen molar-refractivity contribution in [3.8, 4) is 6.07 Å². The number of ketones is 1. The summed E-state index contributed by atoms with van der Waals surface area (Å²) in [5.41, 5.74) is 1.97. The summed E-state index contributed by atoms with van der Waals surface area (Å²) >= 11 is 0. The zero-order valence-corrected chi connectivity index (χ0v) is 12.6. The number of rotatable bonds is 8. The molecule has 0 aromatic heterocycles. The smallest absolute Gasteiger partial charge is 0.176 e. The van der Waals surface area contributed by atoms with Crippen molar-refractivity contribution < 1.29 is 4.79 Å². The van der Waals surface area contributed by atoms with Crippen LogP contribution in [0.2, 0.25) is 0 Å². The van der Waals surface area contributed by atoms with Gasteiger partial charge in [0.2, 0.25) is 0 Å². The van der Waals surface area contributed by atoms with Gasteiger partial charge in [-0.2, -0.15) is 5.26 Å².